The summed E-state index contributed by atoms with van der Waals surface area (Å²) in [5.74, 6) is 0.762. The minimum atomic E-state index is -0.202. The highest BCUT2D eigenvalue weighted by atomic mass is 32.2. The van der Waals surface area contributed by atoms with E-state index in [0.29, 0.717) is 11.6 Å². The van der Waals surface area contributed by atoms with Crippen LogP contribution in [0.2, 0.25) is 0 Å². The Morgan fingerprint density at radius 2 is 1.85 bits per heavy atom. The Bertz CT molecular complexity index is 845. The molecule has 1 atom stereocenters. The van der Waals surface area contributed by atoms with Gasteiger partial charge in [0.25, 0.3) is 0 Å². The Balaban J connectivity index is 1.58. The number of nitrogens with zero attached hydrogens (tertiary/aromatic N) is 3. The molecule has 2 aromatic carbocycles. The fraction of sp³-hybridized carbons (Fsp3) is 0.250. The summed E-state index contributed by atoms with van der Waals surface area (Å²) in [7, 11) is 5.63. The largest absolute Gasteiger partial charge is 0.497 e. The van der Waals surface area contributed by atoms with Gasteiger partial charge in [0, 0.05) is 19.8 Å². The van der Waals surface area contributed by atoms with E-state index in [2.05, 4.69) is 15.5 Å². The number of methoxy groups -OCH3 is 1. The van der Waals surface area contributed by atoms with E-state index < -0.39 is 0 Å². The first-order valence-electron chi connectivity index (χ1n) is 8.54. The van der Waals surface area contributed by atoms with Gasteiger partial charge in [-0.25, -0.2) is 0 Å². The van der Waals surface area contributed by atoms with Gasteiger partial charge in [0.05, 0.1) is 18.6 Å². The first-order chi connectivity index (χ1) is 13.0. The number of rotatable bonds is 6. The Labute approximate surface area is 163 Å². The highest BCUT2D eigenvalue weighted by Crippen LogP contribution is 2.24. The molecule has 1 heterocycles. The molecule has 0 unspecified atom stereocenters. The second kappa shape index (κ2) is 8.73. The highest BCUT2D eigenvalue weighted by molar-refractivity contribution is 8.15. The zero-order chi connectivity index (χ0) is 19.2. The summed E-state index contributed by atoms with van der Waals surface area (Å²) in [5, 5.41) is 11.3. The predicted octanol–water partition coefficient (Wildman–Crippen LogP) is 2.93. The SMILES string of the molecule is COc1ccc(C[C@H]2S/C(=N/N=Cc3ccc(N(C)C)cc3)NC2=O)cc1. The number of carbonyl (C=O) groups is 1. The molecular formula is C20H22N4O2S. The van der Waals surface area contributed by atoms with Crippen molar-refractivity contribution in [2.24, 2.45) is 10.2 Å². The molecule has 1 N–H and O–H groups in total. The number of amidine groups is 1. The fourth-order valence-corrected chi connectivity index (χ4v) is 3.53. The third-order valence-corrected chi connectivity index (χ3v) is 5.19. The van der Waals surface area contributed by atoms with E-state index in [0.717, 1.165) is 22.6 Å². The Hall–Kier alpha value is -2.80. The third kappa shape index (κ3) is 5.10. The summed E-state index contributed by atoms with van der Waals surface area (Å²) in [4.78, 5) is 14.2. The maximum Gasteiger partial charge on any atom is 0.239 e. The number of amides is 1. The molecule has 140 valence electrons. The molecule has 1 aliphatic rings. The second-order valence-electron chi connectivity index (χ2n) is 6.28. The average Bonchev–Trinajstić information content (AvgIpc) is 3.02. The molecule has 1 aliphatic heterocycles. The van der Waals surface area contributed by atoms with Crippen LogP contribution in [-0.2, 0) is 11.2 Å². The first-order valence-corrected chi connectivity index (χ1v) is 9.42. The van der Waals surface area contributed by atoms with E-state index in [1.807, 2.05) is 67.5 Å². The zero-order valence-electron chi connectivity index (χ0n) is 15.5. The smallest absolute Gasteiger partial charge is 0.239 e. The second-order valence-corrected chi connectivity index (χ2v) is 7.48. The van der Waals surface area contributed by atoms with E-state index in [1.54, 1.807) is 13.3 Å². The van der Waals surface area contributed by atoms with Crippen LogP contribution >= 0.6 is 11.8 Å². The van der Waals surface area contributed by atoms with Crippen LogP contribution < -0.4 is 15.0 Å². The van der Waals surface area contributed by atoms with E-state index in [4.69, 9.17) is 4.74 Å². The lowest BCUT2D eigenvalue weighted by Gasteiger charge is -2.11. The molecule has 2 aromatic rings. The minimum absolute atomic E-state index is 0.0416. The molecule has 0 aromatic heterocycles. The molecule has 0 spiro atoms. The Morgan fingerprint density at radius 1 is 1.15 bits per heavy atom. The predicted molar refractivity (Wildman–Crippen MR) is 112 cm³/mol. The maximum absolute atomic E-state index is 12.2. The number of anilines is 1. The standard InChI is InChI=1S/C20H22N4O2S/c1-24(2)16-8-4-15(5-9-16)13-21-23-20-22-19(25)18(27-20)12-14-6-10-17(26-3)11-7-14/h4-11,13,18H,12H2,1-3H3,(H,22,23,25)/t18-/m1/s1. The number of ether oxygens (including phenoxy) is 1. The van der Waals surface area contributed by atoms with Gasteiger partial charge in [-0.15, -0.1) is 5.10 Å². The molecular weight excluding hydrogens is 360 g/mol. The summed E-state index contributed by atoms with van der Waals surface area (Å²) >= 11 is 1.40. The fourth-order valence-electron chi connectivity index (χ4n) is 2.57. The van der Waals surface area contributed by atoms with Crippen LogP contribution in [0.4, 0.5) is 5.69 Å². The van der Waals surface area contributed by atoms with E-state index >= 15 is 0 Å². The van der Waals surface area contributed by atoms with Crippen molar-refractivity contribution >= 4 is 34.7 Å². The van der Waals surface area contributed by atoms with Crippen molar-refractivity contribution in [2.75, 3.05) is 26.1 Å². The normalized spacial score (nSPS) is 18.1. The summed E-state index contributed by atoms with van der Waals surface area (Å²) in [6.45, 7) is 0. The van der Waals surface area contributed by atoms with Crippen molar-refractivity contribution in [3.05, 3.63) is 59.7 Å². The van der Waals surface area contributed by atoms with Crippen molar-refractivity contribution in [1.29, 1.82) is 0 Å². The van der Waals surface area contributed by atoms with Crippen molar-refractivity contribution < 1.29 is 9.53 Å². The molecule has 1 fully saturated rings. The lowest BCUT2D eigenvalue weighted by atomic mass is 10.1. The van der Waals surface area contributed by atoms with E-state index in [-0.39, 0.29) is 11.2 Å². The number of carbonyl (C=O) groups excluding carboxylic acids is 1. The zero-order valence-corrected chi connectivity index (χ0v) is 16.4. The Kier molecular flexibility index (Phi) is 6.13. The summed E-state index contributed by atoms with van der Waals surface area (Å²) in [6.07, 6.45) is 2.31. The van der Waals surface area contributed by atoms with Crippen molar-refractivity contribution in [3.8, 4) is 5.75 Å². The van der Waals surface area contributed by atoms with Gasteiger partial charge in [0.1, 0.15) is 5.75 Å². The van der Waals surface area contributed by atoms with Crippen LogP contribution in [0.25, 0.3) is 0 Å². The molecule has 0 radical (unpaired) electrons. The minimum Gasteiger partial charge on any atom is -0.497 e. The topological polar surface area (TPSA) is 66.3 Å². The van der Waals surface area contributed by atoms with Crippen molar-refractivity contribution in [2.45, 2.75) is 11.7 Å². The summed E-state index contributed by atoms with van der Waals surface area (Å²) in [5.41, 5.74) is 3.15. The van der Waals surface area contributed by atoms with Crippen LogP contribution in [0.5, 0.6) is 5.75 Å². The molecule has 3 rings (SSSR count). The number of hydrogen-bond acceptors (Lipinski definition) is 6. The number of benzene rings is 2. The summed E-state index contributed by atoms with van der Waals surface area (Å²) in [6, 6.07) is 15.7. The van der Waals surface area contributed by atoms with Gasteiger partial charge in [0.2, 0.25) is 5.91 Å². The van der Waals surface area contributed by atoms with Gasteiger partial charge in [-0.1, -0.05) is 36.0 Å². The van der Waals surface area contributed by atoms with Gasteiger partial charge in [-0.3, -0.25) is 4.79 Å². The third-order valence-electron chi connectivity index (χ3n) is 4.12. The van der Waals surface area contributed by atoms with Gasteiger partial charge in [-0.05, 0) is 41.8 Å². The molecule has 7 heteroatoms. The number of nitrogens with one attached hydrogen (secondary N) is 1. The van der Waals surface area contributed by atoms with Crippen LogP contribution in [0, 0.1) is 0 Å². The molecule has 6 nitrogen and oxygen atoms in total. The van der Waals surface area contributed by atoms with E-state index in [1.165, 1.54) is 11.8 Å². The van der Waals surface area contributed by atoms with E-state index in [9.17, 15) is 4.79 Å². The van der Waals surface area contributed by atoms with Crippen molar-refractivity contribution in [1.82, 2.24) is 5.32 Å². The number of thioether (sulfide) groups is 1. The van der Waals surface area contributed by atoms with Crippen LogP contribution in [0.1, 0.15) is 11.1 Å². The number of hydrogen-bond donors (Lipinski definition) is 1. The lowest BCUT2D eigenvalue weighted by Crippen LogP contribution is -2.25. The van der Waals surface area contributed by atoms with Gasteiger partial charge in [0.15, 0.2) is 5.17 Å². The molecule has 27 heavy (non-hydrogen) atoms. The lowest BCUT2D eigenvalue weighted by molar-refractivity contribution is -0.118. The summed E-state index contributed by atoms with van der Waals surface area (Å²) < 4.78 is 5.15. The van der Waals surface area contributed by atoms with Crippen LogP contribution in [0.15, 0.2) is 58.7 Å². The highest BCUT2D eigenvalue weighted by Gasteiger charge is 2.30. The molecule has 1 saturated heterocycles. The van der Waals surface area contributed by atoms with Crippen LogP contribution in [0.3, 0.4) is 0 Å². The van der Waals surface area contributed by atoms with Gasteiger partial charge in [-0.2, -0.15) is 5.10 Å². The molecule has 0 bridgehead atoms. The van der Waals surface area contributed by atoms with Gasteiger partial charge >= 0.3 is 0 Å². The first kappa shape index (κ1) is 19.0. The maximum atomic E-state index is 12.2. The molecule has 0 aliphatic carbocycles. The van der Waals surface area contributed by atoms with Crippen molar-refractivity contribution in [3.63, 3.8) is 0 Å². The molecule has 1 amide bonds. The average molecular weight is 382 g/mol. The van der Waals surface area contributed by atoms with Gasteiger partial charge < -0.3 is 15.0 Å². The van der Waals surface area contributed by atoms with Crippen LogP contribution in [-0.4, -0.2) is 43.7 Å². The Morgan fingerprint density at radius 3 is 2.48 bits per heavy atom. The monoisotopic (exact) mass is 382 g/mol. The quantitative estimate of drug-likeness (QED) is 0.616. The molecule has 0 saturated carbocycles.